The number of rotatable bonds is 13. The minimum atomic E-state index is 0.00837. The van der Waals surface area contributed by atoms with Crippen LogP contribution in [0, 0.1) is 5.92 Å². The first-order chi connectivity index (χ1) is 9.16. The van der Waals surface area contributed by atoms with E-state index in [1.807, 2.05) is 0 Å². The average Bonchev–Trinajstić information content (AvgIpc) is 2.37. The standard InChI is InChI=1S/C15H30INO2/c1-3-4-5-6-7-8-10-14(2)13-19-12-9-11-17-15(16)18/h14H,3-13H2,1-2H3,(H,17,18). The smallest absolute Gasteiger partial charge is 0.280 e. The summed E-state index contributed by atoms with van der Waals surface area (Å²) < 4.78 is 5.63. The molecule has 0 heterocycles. The highest BCUT2D eigenvalue weighted by molar-refractivity contribution is 14.1. The Morgan fingerprint density at radius 1 is 1.16 bits per heavy atom. The molecule has 3 nitrogen and oxygen atoms in total. The van der Waals surface area contributed by atoms with Crippen LogP contribution in [0.1, 0.15) is 65.2 Å². The topological polar surface area (TPSA) is 38.3 Å². The van der Waals surface area contributed by atoms with Crippen LogP contribution in [0.15, 0.2) is 0 Å². The summed E-state index contributed by atoms with van der Waals surface area (Å²) in [5, 5.41) is 2.76. The van der Waals surface area contributed by atoms with Gasteiger partial charge in [0.15, 0.2) is 0 Å². The molecule has 0 saturated heterocycles. The molecule has 19 heavy (non-hydrogen) atoms. The Labute approximate surface area is 132 Å². The number of unbranched alkanes of at least 4 members (excludes halogenated alkanes) is 5. The highest BCUT2D eigenvalue weighted by Gasteiger charge is 2.02. The lowest BCUT2D eigenvalue weighted by Gasteiger charge is -2.12. The summed E-state index contributed by atoms with van der Waals surface area (Å²) in [7, 11) is 0. The van der Waals surface area contributed by atoms with Crippen molar-refractivity contribution in [3.63, 3.8) is 0 Å². The van der Waals surface area contributed by atoms with Gasteiger partial charge in [-0.2, -0.15) is 0 Å². The van der Waals surface area contributed by atoms with Gasteiger partial charge < -0.3 is 10.1 Å². The summed E-state index contributed by atoms with van der Waals surface area (Å²) in [6.07, 6.45) is 10.4. The third-order valence-electron chi connectivity index (χ3n) is 3.18. The summed E-state index contributed by atoms with van der Waals surface area (Å²) in [4.78, 5) is 10.6. The molecule has 0 radical (unpaired) electrons. The van der Waals surface area contributed by atoms with Crippen molar-refractivity contribution in [2.24, 2.45) is 5.92 Å². The Morgan fingerprint density at radius 2 is 1.84 bits per heavy atom. The molecule has 0 fully saturated rings. The first kappa shape index (κ1) is 19.2. The predicted octanol–water partition coefficient (Wildman–Crippen LogP) is 4.92. The minimum Gasteiger partial charge on any atom is -0.381 e. The van der Waals surface area contributed by atoms with Crippen LogP contribution in [-0.2, 0) is 4.74 Å². The largest absolute Gasteiger partial charge is 0.381 e. The number of hydrogen-bond donors (Lipinski definition) is 1. The Hall–Kier alpha value is 0.160. The fourth-order valence-corrected chi connectivity index (χ4v) is 2.27. The van der Waals surface area contributed by atoms with E-state index in [2.05, 4.69) is 19.2 Å². The van der Waals surface area contributed by atoms with Gasteiger partial charge in [0.2, 0.25) is 0 Å². The lowest BCUT2D eigenvalue weighted by atomic mass is 10.0. The van der Waals surface area contributed by atoms with Crippen LogP contribution in [-0.4, -0.2) is 23.7 Å². The first-order valence-electron chi connectivity index (χ1n) is 7.67. The molecule has 114 valence electrons. The second-order valence-corrected chi connectivity index (χ2v) is 6.27. The number of ether oxygens (including phenoxy) is 1. The summed E-state index contributed by atoms with van der Waals surface area (Å²) in [5.74, 6) is 0.658. The number of halogens is 1. The Morgan fingerprint density at radius 3 is 2.53 bits per heavy atom. The first-order valence-corrected chi connectivity index (χ1v) is 8.75. The molecule has 1 unspecified atom stereocenters. The van der Waals surface area contributed by atoms with Gasteiger partial charge in [-0.15, -0.1) is 0 Å². The van der Waals surface area contributed by atoms with Crippen molar-refractivity contribution < 1.29 is 9.53 Å². The van der Waals surface area contributed by atoms with Crippen LogP contribution in [0.25, 0.3) is 0 Å². The van der Waals surface area contributed by atoms with Gasteiger partial charge in [-0.25, -0.2) is 0 Å². The zero-order valence-electron chi connectivity index (χ0n) is 12.5. The summed E-state index contributed by atoms with van der Waals surface area (Å²) in [5.41, 5.74) is 0. The molecule has 4 heteroatoms. The maximum atomic E-state index is 10.6. The van der Waals surface area contributed by atoms with E-state index in [4.69, 9.17) is 4.74 Å². The number of carbonyl (C=O) groups excluding carboxylic acids is 1. The van der Waals surface area contributed by atoms with Gasteiger partial charge in [0, 0.05) is 42.3 Å². The van der Waals surface area contributed by atoms with E-state index in [1.54, 1.807) is 22.6 Å². The molecule has 1 N–H and O–H groups in total. The molecule has 0 rings (SSSR count). The molecular formula is C15H30INO2. The molecule has 0 spiro atoms. The van der Waals surface area contributed by atoms with Gasteiger partial charge in [0.1, 0.15) is 0 Å². The summed E-state index contributed by atoms with van der Waals surface area (Å²) in [6.45, 7) is 6.84. The van der Waals surface area contributed by atoms with Crippen LogP contribution >= 0.6 is 22.6 Å². The van der Waals surface area contributed by atoms with Gasteiger partial charge >= 0.3 is 0 Å². The Kier molecular flexibility index (Phi) is 14.7. The second kappa shape index (κ2) is 14.6. The third kappa shape index (κ3) is 16.1. The van der Waals surface area contributed by atoms with Crippen molar-refractivity contribution in [1.82, 2.24) is 5.32 Å². The van der Waals surface area contributed by atoms with E-state index in [0.29, 0.717) is 12.5 Å². The fourth-order valence-electron chi connectivity index (χ4n) is 2.00. The molecule has 0 aliphatic rings. The van der Waals surface area contributed by atoms with E-state index in [9.17, 15) is 4.79 Å². The maximum Gasteiger partial charge on any atom is 0.280 e. The lowest BCUT2D eigenvalue weighted by molar-refractivity contribution is 0.0995. The summed E-state index contributed by atoms with van der Waals surface area (Å²) in [6, 6.07) is 0. The molecule has 1 amide bonds. The number of nitrogens with one attached hydrogen (secondary N) is 1. The molecular weight excluding hydrogens is 353 g/mol. The van der Waals surface area contributed by atoms with E-state index >= 15 is 0 Å². The molecule has 0 aromatic carbocycles. The predicted molar refractivity (Wildman–Crippen MR) is 90.0 cm³/mol. The monoisotopic (exact) mass is 383 g/mol. The van der Waals surface area contributed by atoms with E-state index < -0.39 is 0 Å². The van der Waals surface area contributed by atoms with Crippen LogP contribution in [0.5, 0.6) is 0 Å². The van der Waals surface area contributed by atoms with E-state index in [0.717, 1.165) is 19.6 Å². The van der Waals surface area contributed by atoms with Crippen molar-refractivity contribution in [3.05, 3.63) is 0 Å². The number of carbonyl (C=O) groups is 1. The molecule has 0 aliphatic heterocycles. The van der Waals surface area contributed by atoms with Crippen LogP contribution in [0.4, 0.5) is 4.79 Å². The van der Waals surface area contributed by atoms with Crippen molar-refractivity contribution in [2.75, 3.05) is 19.8 Å². The normalized spacial score (nSPS) is 12.4. The number of hydrogen-bond acceptors (Lipinski definition) is 2. The molecule has 0 bridgehead atoms. The fraction of sp³-hybridized carbons (Fsp3) is 0.933. The second-order valence-electron chi connectivity index (χ2n) is 5.29. The molecule has 0 saturated carbocycles. The van der Waals surface area contributed by atoms with Crippen molar-refractivity contribution in [1.29, 1.82) is 0 Å². The highest BCUT2D eigenvalue weighted by Crippen LogP contribution is 2.12. The summed E-state index contributed by atoms with van der Waals surface area (Å²) >= 11 is 1.75. The zero-order chi connectivity index (χ0) is 14.3. The van der Waals surface area contributed by atoms with Gasteiger partial charge in [-0.1, -0.05) is 52.4 Å². The minimum absolute atomic E-state index is 0.00837. The zero-order valence-corrected chi connectivity index (χ0v) is 14.7. The van der Waals surface area contributed by atoms with Crippen LogP contribution < -0.4 is 5.32 Å². The molecule has 0 aromatic heterocycles. The molecule has 0 aliphatic carbocycles. The molecule has 1 atom stereocenters. The van der Waals surface area contributed by atoms with Gasteiger partial charge in [0.05, 0.1) is 0 Å². The van der Waals surface area contributed by atoms with Crippen LogP contribution in [0.3, 0.4) is 0 Å². The van der Waals surface area contributed by atoms with Gasteiger partial charge in [0.25, 0.3) is 3.91 Å². The van der Waals surface area contributed by atoms with E-state index in [-0.39, 0.29) is 3.91 Å². The highest BCUT2D eigenvalue weighted by atomic mass is 127. The SMILES string of the molecule is CCCCCCCCC(C)COCCCNC(=O)I. The Balaban J connectivity index is 3.16. The van der Waals surface area contributed by atoms with E-state index in [1.165, 1.54) is 44.9 Å². The van der Waals surface area contributed by atoms with Crippen molar-refractivity contribution in [2.45, 2.75) is 65.2 Å². The van der Waals surface area contributed by atoms with Crippen molar-refractivity contribution >= 4 is 26.5 Å². The third-order valence-corrected chi connectivity index (χ3v) is 3.56. The number of amides is 1. The quantitative estimate of drug-likeness (QED) is 0.212. The van der Waals surface area contributed by atoms with Gasteiger partial charge in [-0.3, -0.25) is 4.79 Å². The average molecular weight is 383 g/mol. The van der Waals surface area contributed by atoms with Gasteiger partial charge in [-0.05, 0) is 18.8 Å². The maximum absolute atomic E-state index is 10.6. The molecule has 0 aromatic rings. The lowest BCUT2D eigenvalue weighted by Crippen LogP contribution is -2.19. The Bertz CT molecular complexity index is 212. The van der Waals surface area contributed by atoms with Crippen molar-refractivity contribution in [3.8, 4) is 0 Å². The van der Waals surface area contributed by atoms with Crippen LogP contribution in [0.2, 0.25) is 0 Å².